The van der Waals surface area contributed by atoms with E-state index in [0.717, 1.165) is 82.4 Å². The van der Waals surface area contributed by atoms with E-state index in [1.807, 2.05) is 0 Å². The lowest BCUT2D eigenvalue weighted by Crippen LogP contribution is -1.99. The molecule has 7 aromatic rings. The summed E-state index contributed by atoms with van der Waals surface area (Å²) in [4.78, 5) is 0. The molecule has 0 N–H and O–H groups in total. The number of benzene rings is 6. The molecule has 0 radical (unpaired) electrons. The quantitative estimate of drug-likeness (QED) is 0.161. The van der Waals surface area contributed by atoms with E-state index in [0.29, 0.717) is 0 Å². The molecule has 0 saturated heterocycles. The number of halogens is 1. The minimum absolute atomic E-state index is 0.817. The lowest BCUT2D eigenvalue weighted by atomic mass is 9.85. The third-order valence-electron chi connectivity index (χ3n) is 10.2. The summed E-state index contributed by atoms with van der Waals surface area (Å²) in [6.07, 6.45) is 5.74. The van der Waals surface area contributed by atoms with Gasteiger partial charge in [0.1, 0.15) is 0 Å². The summed E-state index contributed by atoms with van der Waals surface area (Å²) in [6.45, 7) is 13.5. The van der Waals surface area contributed by atoms with Crippen LogP contribution in [0.3, 0.4) is 0 Å². The van der Waals surface area contributed by atoms with Crippen LogP contribution in [-0.2, 0) is 38.5 Å². The largest absolute Gasteiger partial charge is 0.407 e. The van der Waals surface area contributed by atoms with Gasteiger partial charge in [0.05, 0.1) is 0 Å². The molecule has 2 nitrogen and oxygen atoms in total. The van der Waals surface area contributed by atoms with Crippen molar-refractivity contribution in [1.29, 1.82) is 0 Å². The number of aryl methyl sites for hydroxylation is 6. The van der Waals surface area contributed by atoms with Crippen LogP contribution < -0.4 is 0 Å². The molecule has 0 aliphatic heterocycles. The number of hydrogen-bond donors (Lipinski definition) is 0. The lowest BCUT2D eigenvalue weighted by molar-refractivity contribution is 0.658. The average Bonchev–Trinajstić information content (AvgIpc) is 3.29. The van der Waals surface area contributed by atoms with Gasteiger partial charge >= 0.3 is 7.37 Å². The molecule has 7 rings (SSSR count). The molecule has 48 heavy (non-hydrogen) atoms. The summed E-state index contributed by atoms with van der Waals surface area (Å²) in [7, 11) is -1.82. The molecule has 0 aliphatic carbocycles. The van der Waals surface area contributed by atoms with Gasteiger partial charge < -0.3 is 8.39 Å². The van der Waals surface area contributed by atoms with E-state index in [1.165, 1.54) is 55.3 Å². The second kappa shape index (κ2) is 13.5. The first-order chi connectivity index (χ1) is 23.4. The van der Waals surface area contributed by atoms with Crippen molar-refractivity contribution in [2.45, 2.75) is 80.1 Å². The topological polar surface area (TPSA) is 26.3 Å². The van der Waals surface area contributed by atoms with E-state index in [9.17, 15) is 0 Å². The van der Waals surface area contributed by atoms with Crippen LogP contribution in [0, 0.1) is 0 Å². The molecule has 0 saturated carbocycles. The van der Waals surface area contributed by atoms with Gasteiger partial charge in [-0.1, -0.05) is 114 Å². The number of hydrogen-bond acceptors (Lipinski definition) is 2. The van der Waals surface area contributed by atoms with Crippen molar-refractivity contribution in [2.24, 2.45) is 0 Å². The minimum atomic E-state index is -1.82. The molecule has 1 aromatic heterocycles. The van der Waals surface area contributed by atoms with Gasteiger partial charge in [-0.15, -0.1) is 0 Å². The molecule has 0 unspecified atom stereocenters. The summed E-state index contributed by atoms with van der Waals surface area (Å²) < 4.78 is 13.8. The first-order valence-electron chi connectivity index (χ1n) is 17.7. The summed E-state index contributed by atoms with van der Waals surface area (Å²) >= 11 is 7.21. The van der Waals surface area contributed by atoms with Crippen LogP contribution in [0.2, 0.25) is 0 Å². The molecular formula is C44H44ClO2P. The van der Waals surface area contributed by atoms with Gasteiger partial charge in [-0.25, -0.2) is 0 Å². The van der Waals surface area contributed by atoms with Crippen molar-refractivity contribution < 1.29 is 8.39 Å². The molecule has 4 heteroatoms. The number of fused-ring (bicyclic) bond motifs is 7. The zero-order valence-corrected chi connectivity index (χ0v) is 30.6. The SMILES string of the molecule is CCc1cc(CC)c(-c2cc3ccccc3c3c2op(Cl)oc2c(-c4c(CC)cc(CC)cc4CC)cc4ccccc4c23)c(CC)c1. The van der Waals surface area contributed by atoms with Gasteiger partial charge in [0.2, 0.25) is 0 Å². The smallest absolute Gasteiger partial charge is 0.327 e. The maximum Gasteiger partial charge on any atom is 0.327 e. The second-order valence-corrected chi connectivity index (χ2v) is 14.4. The summed E-state index contributed by atoms with van der Waals surface area (Å²) in [5.41, 5.74) is 14.4. The Hall–Kier alpha value is -3.97. The van der Waals surface area contributed by atoms with Crippen LogP contribution >= 0.6 is 18.6 Å². The number of rotatable bonds is 8. The van der Waals surface area contributed by atoms with E-state index < -0.39 is 7.37 Å². The Bertz CT molecular complexity index is 2170. The highest BCUT2D eigenvalue weighted by Gasteiger charge is 2.23. The summed E-state index contributed by atoms with van der Waals surface area (Å²) in [5, 5.41) is 6.75. The highest BCUT2D eigenvalue weighted by atomic mass is 35.7. The van der Waals surface area contributed by atoms with Crippen molar-refractivity contribution in [1.82, 2.24) is 0 Å². The molecular weight excluding hydrogens is 627 g/mol. The van der Waals surface area contributed by atoms with Crippen molar-refractivity contribution in [2.75, 3.05) is 0 Å². The Morgan fingerprint density at radius 3 is 1.17 bits per heavy atom. The van der Waals surface area contributed by atoms with E-state index in [4.69, 9.17) is 19.6 Å². The fraction of sp³-hybridized carbons (Fsp3) is 0.273. The van der Waals surface area contributed by atoms with E-state index in [1.54, 1.807) is 0 Å². The van der Waals surface area contributed by atoms with E-state index >= 15 is 0 Å². The van der Waals surface area contributed by atoms with Gasteiger partial charge in [-0.2, -0.15) is 0 Å². The maximum absolute atomic E-state index is 7.21. The Labute approximate surface area is 290 Å². The van der Waals surface area contributed by atoms with Crippen LogP contribution in [0.15, 0.2) is 93.3 Å². The third-order valence-corrected chi connectivity index (χ3v) is 11.2. The normalized spacial score (nSPS) is 11.7. The average molecular weight is 671 g/mol. The van der Waals surface area contributed by atoms with Crippen LogP contribution in [0.1, 0.15) is 74.9 Å². The second-order valence-electron chi connectivity index (χ2n) is 12.8. The van der Waals surface area contributed by atoms with Crippen LogP contribution in [-0.4, -0.2) is 0 Å². The van der Waals surface area contributed by atoms with Gasteiger partial charge in [0, 0.05) is 33.1 Å². The molecule has 0 amide bonds. The molecule has 1 heterocycles. The molecule has 6 aromatic carbocycles. The highest BCUT2D eigenvalue weighted by molar-refractivity contribution is 7.68. The van der Waals surface area contributed by atoms with Crippen molar-refractivity contribution in [3.05, 3.63) is 118 Å². The monoisotopic (exact) mass is 670 g/mol. The first kappa shape index (κ1) is 32.6. The van der Waals surface area contributed by atoms with E-state index in [2.05, 4.69) is 126 Å². The van der Waals surface area contributed by atoms with E-state index in [-0.39, 0.29) is 0 Å². The zero-order chi connectivity index (χ0) is 33.5. The van der Waals surface area contributed by atoms with Crippen molar-refractivity contribution >= 4 is 62.1 Å². The van der Waals surface area contributed by atoms with Crippen molar-refractivity contribution in [3.63, 3.8) is 0 Å². The van der Waals surface area contributed by atoms with Gasteiger partial charge in [-0.05, 0) is 117 Å². The zero-order valence-electron chi connectivity index (χ0n) is 29.0. The van der Waals surface area contributed by atoms with Crippen molar-refractivity contribution in [3.8, 4) is 22.3 Å². The molecule has 0 aliphatic rings. The Balaban J connectivity index is 1.78. The highest BCUT2D eigenvalue weighted by Crippen LogP contribution is 2.50. The first-order valence-corrected chi connectivity index (χ1v) is 19.8. The standard InChI is InChI=1S/C44H44ClO2P/c1-7-27-21-29(9-3)39(30(10-4)22-27)37-25-33-17-13-15-19-35(33)41-42-36-20-16-14-18-34(36)26-38(44(42)47-48(45)46-43(37)41)40-31(11-5)23-28(8-2)24-32(40)12-6/h13-26H,7-12H2,1-6H3. The minimum Gasteiger partial charge on any atom is -0.407 e. The lowest BCUT2D eigenvalue weighted by Gasteiger charge is -2.19. The summed E-state index contributed by atoms with van der Waals surface area (Å²) in [6, 6.07) is 31.6. The molecule has 244 valence electrons. The fourth-order valence-electron chi connectivity index (χ4n) is 7.77. The predicted octanol–water partition coefficient (Wildman–Crippen LogP) is 14.3. The molecule has 0 spiro atoms. The van der Waals surface area contributed by atoms with Crippen LogP contribution in [0.25, 0.3) is 65.7 Å². The fourth-order valence-corrected chi connectivity index (χ4v) is 8.89. The Kier molecular flexibility index (Phi) is 9.16. The molecule has 0 atom stereocenters. The Morgan fingerprint density at radius 2 is 0.833 bits per heavy atom. The maximum atomic E-state index is 7.21. The van der Waals surface area contributed by atoms with Crippen LogP contribution in [0.4, 0.5) is 0 Å². The van der Waals surface area contributed by atoms with Gasteiger partial charge in [-0.3, -0.25) is 0 Å². The predicted molar refractivity (Wildman–Crippen MR) is 210 cm³/mol. The van der Waals surface area contributed by atoms with Crippen LogP contribution in [0.5, 0.6) is 0 Å². The van der Waals surface area contributed by atoms with Gasteiger partial charge in [0.15, 0.2) is 11.2 Å². The summed E-state index contributed by atoms with van der Waals surface area (Å²) in [5.74, 6) is 0. The Morgan fingerprint density at radius 1 is 0.479 bits per heavy atom. The molecule has 0 bridgehead atoms. The molecule has 0 fully saturated rings. The van der Waals surface area contributed by atoms with Gasteiger partial charge in [0.25, 0.3) is 0 Å². The third kappa shape index (κ3) is 5.44.